The molecule has 0 rings (SSSR count). The fourth-order valence-electron chi connectivity index (χ4n) is 1.72. The molecule has 0 aliphatic heterocycles. The third-order valence-corrected chi connectivity index (χ3v) is 7.10. The summed E-state index contributed by atoms with van der Waals surface area (Å²) < 4.78 is 12.3. The van der Waals surface area contributed by atoms with Crippen LogP contribution >= 0.6 is 0 Å². The van der Waals surface area contributed by atoms with Gasteiger partial charge in [-0.25, -0.2) is 0 Å². The van der Waals surface area contributed by atoms with E-state index in [2.05, 4.69) is 34.6 Å². The van der Waals surface area contributed by atoms with Crippen LogP contribution in [0.5, 0.6) is 0 Å². The molecule has 0 bridgehead atoms. The third-order valence-electron chi connectivity index (χ3n) is 3.52. The van der Waals surface area contributed by atoms with Gasteiger partial charge in [-0.2, -0.15) is 0 Å². The van der Waals surface area contributed by atoms with Gasteiger partial charge in [0.15, 0.2) is 0 Å². The van der Waals surface area contributed by atoms with Crippen molar-refractivity contribution in [3.05, 3.63) is 0 Å². The van der Waals surface area contributed by atoms with Crippen LogP contribution in [0.25, 0.3) is 0 Å². The summed E-state index contributed by atoms with van der Waals surface area (Å²) in [5.74, 6) is 0.652. The second kappa shape index (κ2) is 10.1. The summed E-state index contributed by atoms with van der Waals surface area (Å²) in [4.78, 5) is 0. The van der Waals surface area contributed by atoms with Crippen molar-refractivity contribution in [2.75, 3.05) is 13.2 Å². The van der Waals surface area contributed by atoms with E-state index in [0.717, 1.165) is 25.3 Å². The van der Waals surface area contributed by atoms with Crippen LogP contribution in [0.2, 0.25) is 12.1 Å². The number of hydrogen-bond donors (Lipinski definition) is 0. The highest BCUT2D eigenvalue weighted by molar-refractivity contribution is 6.67. The molecule has 0 aromatic heterocycles. The molecule has 0 saturated carbocycles. The van der Waals surface area contributed by atoms with Crippen molar-refractivity contribution < 1.29 is 8.85 Å². The van der Waals surface area contributed by atoms with E-state index in [1.165, 1.54) is 25.7 Å². The van der Waals surface area contributed by atoms with Crippen LogP contribution in [0, 0.1) is 5.92 Å². The molecule has 2 nitrogen and oxygen atoms in total. The first-order valence-corrected chi connectivity index (χ1v) is 9.65. The maximum Gasteiger partial charge on any atom is 0.337 e. The number of hydrogen-bond acceptors (Lipinski definition) is 2. The molecular formula is C14H32O2Si. The van der Waals surface area contributed by atoms with Gasteiger partial charge in [-0.15, -0.1) is 0 Å². The number of unbranched alkanes of at least 4 members (excludes halogenated alkanes) is 2. The van der Waals surface area contributed by atoms with Crippen molar-refractivity contribution in [2.24, 2.45) is 5.92 Å². The predicted octanol–water partition coefficient (Wildman–Crippen LogP) is 4.74. The molecule has 0 N–H and O–H groups in total. The van der Waals surface area contributed by atoms with Gasteiger partial charge in [-0.05, 0) is 24.4 Å². The summed E-state index contributed by atoms with van der Waals surface area (Å²) in [6.07, 6.45) is 4.89. The summed E-state index contributed by atoms with van der Waals surface area (Å²) in [6, 6.07) is 2.15. The van der Waals surface area contributed by atoms with E-state index >= 15 is 0 Å². The van der Waals surface area contributed by atoms with Crippen LogP contribution < -0.4 is 0 Å². The van der Waals surface area contributed by atoms with Gasteiger partial charge in [-0.3, -0.25) is 0 Å². The van der Waals surface area contributed by atoms with Crippen LogP contribution in [0.1, 0.15) is 60.3 Å². The summed E-state index contributed by atoms with van der Waals surface area (Å²) in [5.41, 5.74) is 0. The van der Waals surface area contributed by atoms with Crippen LogP contribution in [0.4, 0.5) is 0 Å². The Hall–Kier alpha value is 0.137. The molecule has 0 heterocycles. The van der Waals surface area contributed by atoms with Crippen LogP contribution in [-0.2, 0) is 8.85 Å². The van der Waals surface area contributed by atoms with Crippen molar-refractivity contribution >= 4 is 8.56 Å². The van der Waals surface area contributed by atoms with Gasteiger partial charge >= 0.3 is 8.56 Å². The molecule has 0 fully saturated rings. The van der Waals surface area contributed by atoms with Crippen molar-refractivity contribution in [1.82, 2.24) is 0 Å². The SMILES string of the molecule is CCCCCO[Si](CC)(CC)OCC(C)CC. The molecule has 3 heteroatoms. The zero-order valence-electron chi connectivity index (χ0n) is 12.6. The molecule has 0 aliphatic rings. The summed E-state index contributed by atoms with van der Waals surface area (Å²) in [6.45, 7) is 12.9. The first-order chi connectivity index (χ1) is 8.14. The molecule has 1 atom stereocenters. The zero-order chi connectivity index (χ0) is 13.1. The summed E-state index contributed by atoms with van der Waals surface area (Å²) >= 11 is 0. The van der Waals surface area contributed by atoms with E-state index in [-0.39, 0.29) is 0 Å². The molecule has 104 valence electrons. The third kappa shape index (κ3) is 7.22. The smallest absolute Gasteiger partial charge is 0.337 e. The summed E-state index contributed by atoms with van der Waals surface area (Å²) in [7, 11) is -1.87. The zero-order valence-corrected chi connectivity index (χ0v) is 13.6. The molecule has 1 unspecified atom stereocenters. The van der Waals surface area contributed by atoms with E-state index in [9.17, 15) is 0 Å². The van der Waals surface area contributed by atoms with Gasteiger partial charge in [0.05, 0.1) is 0 Å². The van der Waals surface area contributed by atoms with Crippen molar-refractivity contribution in [2.45, 2.75) is 72.4 Å². The van der Waals surface area contributed by atoms with E-state index in [1.807, 2.05) is 0 Å². The highest BCUT2D eigenvalue weighted by Gasteiger charge is 2.33. The Morgan fingerprint density at radius 1 is 0.941 bits per heavy atom. The Labute approximate surface area is 109 Å². The molecule has 0 aliphatic carbocycles. The molecule has 0 aromatic rings. The van der Waals surface area contributed by atoms with Crippen molar-refractivity contribution in [1.29, 1.82) is 0 Å². The Morgan fingerprint density at radius 3 is 2.06 bits per heavy atom. The summed E-state index contributed by atoms with van der Waals surface area (Å²) in [5, 5.41) is 0. The fourth-order valence-corrected chi connectivity index (χ4v) is 4.23. The van der Waals surface area contributed by atoms with Crippen LogP contribution in [0.15, 0.2) is 0 Å². The highest BCUT2D eigenvalue weighted by Crippen LogP contribution is 2.20. The second-order valence-corrected chi connectivity index (χ2v) is 8.81. The minimum absolute atomic E-state index is 0.652. The first-order valence-electron chi connectivity index (χ1n) is 7.41. The van der Waals surface area contributed by atoms with Gasteiger partial charge in [0.25, 0.3) is 0 Å². The van der Waals surface area contributed by atoms with Crippen LogP contribution in [-0.4, -0.2) is 21.8 Å². The van der Waals surface area contributed by atoms with Gasteiger partial charge in [0, 0.05) is 13.2 Å². The first kappa shape index (κ1) is 17.1. The van der Waals surface area contributed by atoms with Gasteiger partial charge in [0.1, 0.15) is 0 Å². The molecule has 0 saturated heterocycles. The lowest BCUT2D eigenvalue weighted by atomic mass is 10.1. The van der Waals surface area contributed by atoms with E-state index in [4.69, 9.17) is 8.85 Å². The van der Waals surface area contributed by atoms with E-state index < -0.39 is 8.56 Å². The maximum absolute atomic E-state index is 6.18. The lowest BCUT2D eigenvalue weighted by molar-refractivity contribution is 0.145. The quantitative estimate of drug-likeness (QED) is 0.395. The lowest BCUT2D eigenvalue weighted by Crippen LogP contribution is -2.42. The standard InChI is InChI=1S/C14H32O2Si/c1-6-10-11-12-15-17(8-3,9-4)16-13-14(5)7-2/h14H,6-13H2,1-5H3. The Kier molecular flexibility index (Phi) is 10.2. The Morgan fingerprint density at radius 2 is 1.59 bits per heavy atom. The van der Waals surface area contributed by atoms with E-state index in [0.29, 0.717) is 5.92 Å². The van der Waals surface area contributed by atoms with Crippen LogP contribution in [0.3, 0.4) is 0 Å². The molecular weight excluding hydrogens is 228 g/mol. The Balaban J connectivity index is 4.05. The molecule has 0 amide bonds. The van der Waals surface area contributed by atoms with Crippen molar-refractivity contribution in [3.8, 4) is 0 Å². The van der Waals surface area contributed by atoms with E-state index in [1.54, 1.807) is 0 Å². The van der Waals surface area contributed by atoms with Crippen molar-refractivity contribution in [3.63, 3.8) is 0 Å². The van der Waals surface area contributed by atoms with Gasteiger partial charge < -0.3 is 8.85 Å². The fraction of sp³-hybridized carbons (Fsp3) is 1.00. The maximum atomic E-state index is 6.18. The Bertz CT molecular complexity index is 170. The second-order valence-electron chi connectivity index (χ2n) is 5.00. The topological polar surface area (TPSA) is 18.5 Å². The molecule has 17 heavy (non-hydrogen) atoms. The largest absolute Gasteiger partial charge is 0.394 e. The predicted molar refractivity (Wildman–Crippen MR) is 77.6 cm³/mol. The van der Waals surface area contributed by atoms with Gasteiger partial charge in [-0.1, -0.05) is 53.9 Å². The molecule has 0 spiro atoms. The highest BCUT2D eigenvalue weighted by atomic mass is 28.4. The minimum atomic E-state index is -1.87. The number of rotatable bonds is 11. The average molecular weight is 260 g/mol. The lowest BCUT2D eigenvalue weighted by Gasteiger charge is -2.30. The normalized spacial score (nSPS) is 13.9. The van der Waals surface area contributed by atoms with Gasteiger partial charge in [0.2, 0.25) is 0 Å². The monoisotopic (exact) mass is 260 g/mol. The average Bonchev–Trinajstić information content (AvgIpc) is 2.38. The minimum Gasteiger partial charge on any atom is -0.394 e. The molecule has 0 radical (unpaired) electrons. The molecule has 0 aromatic carbocycles.